The van der Waals surface area contributed by atoms with Crippen LogP contribution in [0.4, 0.5) is 0 Å². The largest absolute Gasteiger partial charge is 0.370 e. The topological polar surface area (TPSA) is 21.3 Å². The molecule has 1 saturated heterocycles. The lowest BCUT2D eigenvalue weighted by molar-refractivity contribution is -0.102. The number of morpholine rings is 1. The second-order valence-corrected chi connectivity index (χ2v) is 7.29. The maximum atomic E-state index is 6.10. The van der Waals surface area contributed by atoms with E-state index in [2.05, 4.69) is 26.1 Å². The zero-order valence-corrected chi connectivity index (χ0v) is 14.9. The summed E-state index contributed by atoms with van der Waals surface area (Å²) in [5, 5.41) is 3.49. The lowest BCUT2D eigenvalue weighted by Crippen LogP contribution is -2.51. The Morgan fingerprint density at radius 1 is 0.905 bits per heavy atom. The standard InChI is InChI=1S/C19H39NO/c1-4-5-6-7-8-9-10-11-12-13-14-15-19(3)17-20-16-18(2)21-19/h18,20H,4-17H2,1-3H3. The Labute approximate surface area is 133 Å². The summed E-state index contributed by atoms with van der Waals surface area (Å²) in [5.41, 5.74) is 0.0803. The van der Waals surface area contributed by atoms with Gasteiger partial charge < -0.3 is 10.1 Å². The Kier molecular flexibility index (Phi) is 10.4. The van der Waals surface area contributed by atoms with E-state index < -0.39 is 0 Å². The molecule has 2 unspecified atom stereocenters. The molecule has 0 aromatic rings. The Balaban J connectivity index is 1.86. The summed E-state index contributed by atoms with van der Waals surface area (Å²) < 4.78 is 6.10. The fourth-order valence-electron chi connectivity index (χ4n) is 3.42. The third-order valence-corrected chi connectivity index (χ3v) is 4.73. The highest BCUT2D eigenvalue weighted by Crippen LogP contribution is 2.23. The van der Waals surface area contributed by atoms with Gasteiger partial charge in [0.15, 0.2) is 0 Å². The quantitative estimate of drug-likeness (QED) is 0.483. The number of unbranched alkanes of at least 4 members (excludes halogenated alkanes) is 10. The molecule has 1 heterocycles. The molecule has 1 aliphatic rings. The van der Waals surface area contributed by atoms with Gasteiger partial charge in [0.05, 0.1) is 11.7 Å². The van der Waals surface area contributed by atoms with Crippen LogP contribution < -0.4 is 5.32 Å². The number of rotatable bonds is 12. The first-order chi connectivity index (χ1) is 10.2. The molecule has 2 atom stereocenters. The van der Waals surface area contributed by atoms with Crippen molar-refractivity contribution in [3.8, 4) is 0 Å². The Morgan fingerprint density at radius 3 is 1.95 bits per heavy atom. The molecular weight excluding hydrogens is 258 g/mol. The van der Waals surface area contributed by atoms with Gasteiger partial charge in [-0.3, -0.25) is 0 Å². The summed E-state index contributed by atoms with van der Waals surface area (Å²) in [4.78, 5) is 0. The molecular formula is C19H39NO. The number of nitrogens with one attached hydrogen (secondary N) is 1. The van der Waals surface area contributed by atoms with E-state index in [1.807, 2.05) is 0 Å². The van der Waals surface area contributed by atoms with Crippen LogP contribution in [-0.2, 0) is 4.74 Å². The maximum absolute atomic E-state index is 6.10. The predicted octanol–water partition coefficient (Wildman–Crippen LogP) is 5.45. The van der Waals surface area contributed by atoms with Gasteiger partial charge in [0.1, 0.15) is 0 Å². The highest BCUT2D eigenvalue weighted by atomic mass is 16.5. The van der Waals surface area contributed by atoms with E-state index in [0.29, 0.717) is 6.10 Å². The fourth-order valence-corrected chi connectivity index (χ4v) is 3.42. The zero-order valence-electron chi connectivity index (χ0n) is 14.9. The first kappa shape index (κ1) is 19.0. The van der Waals surface area contributed by atoms with Crippen LogP contribution in [0, 0.1) is 0 Å². The van der Waals surface area contributed by atoms with Gasteiger partial charge in [-0.15, -0.1) is 0 Å². The molecule has 1 fully saturated rings. The van der Waals surface area contributed by atoms with E-state index in [4.69, 9.17) is 4.74 Å². The van der Waals surface area contributed by atoms with Crippen LogP contribution in [-0.4, -0.2) is 24.8 Å². The van der Waals surface area contributed by atoms with Crippen molar-refractivity contribution in [2.24, 2.45) is 0 Å². The predicted molar refractivity (Wildman–Crippen MR) is 92.9 cm³/mol. The average molecular weight is 298 g/mol. The molecule has 0 aliphatic carbocycles. The van der Waals surface area contributed by atoms with Crippen molar-refractivity contribution in [1.29, 1.82) is 0 Å². The first-order valence-corrected chi connectivity index (χ1v) is 9.55. The van der Waals surface area contributed by atoms with Gasteiger partial charge in [0.2, 0.25) is 0 Å². The highest BCUT2D eigenvalue weighted by Gasteiger charge is 2.30. The van der Waals surface area contributed by atoms with Crippen molar-refractivity contribution in [3.63, 3.8) is 0 Å². The van der Waals surface area contributed by atoms with Crippen LogP contribution in [0.2, 0.25) is 0 Å². The molecule has 0 spiro atoms. The van der Waals surface area contributed by atoms with Crippen molar-refractivity contribution >= 4 is 0 Å². The molecule has 1 N–H and O–H groups in total. The van der Waals surface area contributed by atoms with E-state index in [-0.39, 0.29) is 5.60 Å². The summed E-state index contributed by atoms with van der Waals surface area (Å²) in [7, 11) is 0. The Hall–Kier alpha value is -0.0800. The van der Waals surface area contributed by atoms with Crippen molar-refractivity contribution in [2.75, 3.05) is 13.1 Å². The lowest BCUT2D eigenvalue weighted by atomic mass is 9.95. The highest BCUT2D eigenvalue weighted by molar-refractivity contribution is 4.83. The molecule has 1 aliphatic heterocycles. The summed E-state index contributed by atoms with van der Waals surface area (Å²) in [6.45, 7) is 8.76. The van der Waals surface area contributed by atoms with Gasteiger partial charge in [-0.05, 0) is 20.3 Å². The van der Waals surface area contributed by atoms with Gasteiger partial charge in [-0.2, -0.15) is 0 Å². The summed E-state index contributed by atoms with van der Waals surface area (Å²) in [6.07, 6.45) is 17.2. The number of hydrogen-bond acceptors (Lipinski definition) is 2. The van der Waals surface area contributed by atoms with Crippen LogP contribution in [0.1, 0.15) is 97.8 Å². The molecule has 2 nitrogen and oxygen atoms in total. The van der Waals surface area contributed by atoms with Crippen LogP contribution in [0.15, 0.2) is 0 Å². The zero-order chi connectivity index (χ0) is 15.4. The molecule has 1 rings (SSSR count). The molecule has 2 heteroatoms. The molecule has 21 heavy (non-hydrogen) atoms. The lowest BCUT2D eigenvalue weighted by Gasteiger charge is -2.38. The minimum absolute atomic E-state index is 0.0803. The Morgan fingerprint density at radius 2 is 1.43 bits per heavy atom. The first-order valence-electron chi connectivity index (χ1n) is 9.55. The summed E-state index contributed by atoms with van der Waals surface area (Å²) >= 11 is 0. The van der Waals surface area contributed by atoms with E-state index in [0.717, 1.165) is 13.1 Å². The van der Waals surface area contributed by atoms with Crippen LogP contribution in [0.5, 0.6) is 0 Å². The summed E-state index contributed by atoms with van der Waals surface area (Å²) in [6, 6.07) is 0. The van der Waals surface area contributed by atoms with E-state index >= 15 is 0 Å². The molecule has 126 valence electrons. The van der Waals surface area contributed by atoms with Crippen LogP contribution >= 0.6 is 0 Å². The molecule has 0 aromatic carbocycles. The van der Waals surface area contributed by atoms with Gasteiger partial charge in [0, 0.05) is 13.1 Å². The van der Waals surface area contributed by atoms with Crippen molar-refractivity contribution in [1.82, 2.24) is 5.32 Å². The molecule has 0 saturated carbocycles. The average Bonchev–Trinajstić information content (AvgIpc) is 2.44. The second kappa shape index (κ2) is 11.5. The number of hydrogen-bond donors (Lipinski definition) is 1. The second-order valence-electron chi connectivity index (χ2n) is 7.29. The maximum Gasteiger partial charge on any atom is 0.0782 e. The molecule has 0 amide bonds. The van der Waals surface area contributed by atoms with Crippen molar-refractivity contribution in [3.05, 3.63) is 0 Å². The fraction of sp³-hybridized carbons (Fsp3) is 1.00. The van der Waals surface area contributed by atoms with Crippen molar-refractivity contribution in [2.45, 2.75) is 110 Å². The van der Waals surface area contributed by atoms with Gasteiger partial charge in [-0.1, -0.05) is 77.6 Å². The molecule has 0 aromatic heterocycles. The van der Waals surface area contributed by atoms with Gasteiger partial charge in [0.25, 0.3) is 0 Å². The van der Waals surface area contributed by atoms with E-state index in [9.17, 15) is 0 Å². The van der Waals surface area contributed by atoms with Gasteiger partial charge in [-0.25, -0.2) is 0 Å². The van der Waals surface area contributed by atoms with E-state index in [1.54, 1.807) is 0 Å². The van der Waals surface area contributed by atoms with E-state index in [1.165, 1.54) is 77.0 Å². The SMILES string of the molecule is CCCCCCCCCCCCCC1(C)CNCC(C)O1. The third kappa shape index (κ3) is 9.52. The smallest absolute Gasteiger partial charge is 0.0782 e. The monoisotopic (exact) mass is 297 g/mol. The van der Waals surface area contributed by atoms with Crippen molar-refractivity contribution < 1.29 is 4.74 Å². The van der Waals surface area contributed by atoms with Crippen LogP contribution in [0.3, 0.4) is 0 Å². The van der Waals surface area contributed by atoms with Gasteiger partial charge >= 0.3 is 0 Å². The number of ether oxygens (including phenoxy) is 1. The molecule has 0 bridgehead atoms. The Bertz CT molecular complexity index is 244. The summed E-state index contributed by atoms with van der Waals surface area (Å²) in [5.74, 6) is 0. The normalized spacial score (nSPS) is 26.1. The molecule has 0 radical (unpaired) electrons. The third-order valence-electron chi connectivity index (χ3n) is 4.73. The minimum atomic E-state index is 0.0803. The van der Waals surface area contributed by atoms with Crippen LogP contribution in [0.25, 0.3) is 0 Å². The minimum Gasteiger partial charge on any atom is -0.370 e.